The third-order valence-corrected chi connectivity index (χ3v) is 4.44. The van der Waals surface area contributed by atoms with E-state index < -0.39 is 5.97 Å². The lowest BCUT2D eigenvalue weighted by atomic mass is 9.99. The van der Waals surface area contributed by atoms with E-state index >= 15 is 0 Å². The Labute approximate surface area is 175 Å². The molecule has 4 rings (SSSR count). The number of ether oxygens (including phenoxy) is 1. The molecule has 5 heteroatoms. The lowest BCUT2D eigenvalue weighted by molar-refractivity contribution is -0.134. The summed E-state index contributed by atoms with van der Waals surface area (Å²) in [5.41, 5.74) is 10.4. The Balaban J connectivity index is 0.000000589. The SMILES string of the molecule is CC(=O)O.NC(c1ccccc1)c1ccccc1OCc1ccc2ccccc2n1. The summed E-state index contributed by atoms with van der Waals surface area (Å²) in [5.74, 6) is -0.0428. The van der Waals surface area contributed by atoms with Crippen LogP contribution >= 0.6 is 0 Å². The van der Waals surface area contributed by atoms with Crippen molar-refractivity contribution in [3.05, 3.63) is 108 Å². The average molecular weight is 400 g/mol. The average Bonchev–Trinajstić information content (AvgIpc) is 2.77. The molecule has 0 aliphatic carbocycles. The van der Waals surface area contributed by atoms with Crippen LogP contribution in [0, 0.1) is 0 Å². The minimum atomic E-state index is -0.833. The summed E-state index contributed by atoms with van der Waals surface area (Å²) < 4.78 is 6.07. The molecule has 152 valence electrons. The van der Waals surface area contributed by atoms with Gasteiger partial charge in [0.05, 0.1) is 17.3 Å². The standard InChI is InChI=1S/C23H20N2O.C2H4O2/c24-23(18-9-2-1-3-10-18)20-11-5-7-13-22(20)26-16-19-15-14-17-8-4-6-12-21(17)25-19;1-2(3)4/h1-15,23H,16,24H2;1H3,(H,3,4). The van der Waals surface area contributed by atoms with Gasteiger partial charge in [-0.25, -0.2) is 4.98 Å². The van der Waals surface area contributed by atoms with Crippen LogP contribution < -0.4 is 10.5 Å². The van der Waals surface area contributed by atoms with Crippen molar-refractivity contribution < 1.29 is 14.6 Å². The molecule has 3 N–H and O–H groups in total. The molecule has 0 aliphatic rings. The molecular formula is C25H24N2O3. The first-order valence-corrected chi connectivity index (χ1v) is 9.61. The van der Waals surface area contributed by atoms with Gasteiger partial charge in [-0.05, 0) is 23.8 Å². The molecule has 0 amide bonds. The number of hydrogen-bond donors (Lipinski definition) is 2. The number of nitrogens with two attached hydrogens (primary N) is 1. The molecular weight excluding hydrogens is 376 g/mol. The summed E-state index contributed by atoms with van der Waals surface area (Å²) in [7, 11) is 0. The Morgan fingerprint density at radius 1 is 0.933 bits per heavy atom. The van der Waals surface area contributed by atoms with Crippen LogP contribution in [0.25, 0.3) is 10.9 Å². The zero-order valence-corrected chi connectivity index (χ0v) is 16.7. The molecule has 1 atom stereocenters. The van der Waals surface area contributed by atoms with E-state index in [1.165, 1.54) is 0 Å². The molecule has 0 fully saturated rings. The number of fused-ring (bicyclic) bond motifs is 1. The maximum Gasteiger partial charge on any atom is 0.300 e. The second-order valence-electron chi connectivity index (χ2n) is 6.73. The zero-order chi connectivity index (χ0) is 21.3. The molecule has 1 aromatic heterocycles. The van der Waals surface area contributed by atoms with Crippen molar-refractivity contribution in [2.75, 3.05) is 0 Å². The summed E-state index contributed by atoms with van der Waals surface area (Å²) in [5, 5.41) is 8.54. The highest BCUT2D eigenvalue weighted by atomic mass is 16.5. The summed E-state index contributed by atoms with van der Waals surface area (Å²) >= 11 is 0. The van der Waals surface area contributed by atoms with Crippen LogP contribution in [-0.2, 0) is 11.4 Å². The van der Waals surface area contributed by atoms with Crippen molar-refractivity contribution in [3.63, 3.8) is 0 Å². The number of rotatable bonds is 5. The van der Waals surface area contributed by atoms with E-state index in [4.69, 9.17) is 20.4 Å². The molecule has 0 bridgehead atoms. The van der Waals surface area contributed by atoms with Crippen molar-refractivity contribution in [3.8, 4) is 5.75 Å². The topological polar surface area (TPSA) is 85.4 Å². The molecule has 0 spiro atoms. The quantitative estimate of drug-likeness (QED) is 0.495. The van der Waals surface area contributed by atoms with Gasteiger partial charge < -0.3 is 15.6 Å². The summed E-state index contributed by atoms with van der Waals surface area (Å²) in [4.78, 5) is 13.7. The van der Waals surface area contributed by atoms with Crippen LogP contribution in [0.1, 0.15) is 29.8 Å². The van der Waals surface area contributed by atoms with E-state index in [-0.39, 0.29) is 6.04 Å². The van der Waals surface area contributed by atoms with Gasteiger partial charge in [0.15, 0.2) is 0 Å². The molecule has 0 saturated heterocycles. The second-order valence-corrected chi connectivity index (χ2v) is 6.73. The second kappa shape index (κ2) is 10.2. The molecule has 1 unspecified atom stereocenters. The number of hydrogen-bond acceptors (Lipinski definition) is 4. The first-order chi connectivity index (χ1) is 14.5. The maximum atomic E-state index is 9.00. The van der Waals surface area contributed by atoms with Crippen molar-refractivity contribution in [2.24, 2.45) is 5.73 Å². The number of pyridine rings is 1. The van der Waals surface area contributed by atoms with Crippen LogP contribution in [0.4, 0.5) is 0 Å². The van der Waals surface area contributed by atoms with Crippen LogP contribution in [0.3, 0.4) is 0 Å². The van der Waals surface area contributed by atoms with E-state index in [0.29, 0.717) is 6.61 Å². The molecule has 0 aliphatic heterocycles. The van der Waals surface area contributed by atoms with Crippen LogP contribution in [0.5, 0.6) is 5.75 Å². The third-order valence-electron chi connectivity index (χ3n) is 4.44. The van der Waals surface area contributed by atoms with Crippen molar-refractivity contribution in [1.29, 1.82) is 0 Å². The number of aromatic nitrogens is 1. The number of aliphatic carboxylic acids is 1. The van der Waals surface area contributed by atoms with Gasteiger partial charge in [-0.1, -0.05) is 72.8 Å². The highest BCUT2D eigenvalue weighted by molar-refractivity contribution is 5.78. The molecule has 0 radical (unpaired) electrons. The van der Waals surface area contributed by atoms with Gasteiger partial charge in [0.2, 0.25) is 0 Å². The van der Waals surface area contributed by atoms with Gasteiger partial charge in [-0.3, -0.25) is 4.79 Å². The highest BCUT2D eigenvalue weighted by Gasteiger charge is 2.14. The largest absolute Gasteiger partial charge is 0.487 e. The minimum Gasteiger partial charge on any atom is -0.487 e. The first-order valence-electron chi connectivity index (χ1n) is 9.61. The van der Waals surface area contributed by atoms with Gasteiger partial charge in [-0.15, -0.1) is 0 Å². The fourth-order valence-electron chi connectivity index (χ4n) is 3.05. The number of carboxylic acid groups (broad SMARTS) is 1. The lowest BCUT2D eigenvalue weighted by Gasteiger charge is -2.17. The lowest BCUT2D eigenvalue weighted by Crippen LogP contribution is -2.13. The van der Waals surface area contributed by atoms with Gasteiger partial charge >= 0.3 is 0 Å². The van der Waals surface area contributed by atoms with Crippen LogP contribution in [-0.4, -0.2) is 16.1 Å². The highest BCUT2D eigenvalue weighted by Crippen LogP contribution is 2.28. The van der Waals surface area contributed by atoms with Crippen molar-refractivity contribution in [1.82, 2.24) is 4.98 Å². The van der Waals surface area contributed by atoms with Gasteiger partial charge in [0.1, 0.15) is 12.4 Å². The smallest absolute Gasteiger partial charge is 0.300 e. The third kappa shape index (κ3) is 5.65. The molecule has 1 heterocycles. The number of para-hydroxylation sites is 2. The fraction of sp³-hybridized carbons (Fsp3) is 0.120. The molecule has 0 saturated carbocycles. The zero-order valence-electron chi connectivity index (χ0n) is 16.7. The number of carboxylic acids is 1. The van der Waals surface area contributed by atoms with Crippen LogP contribution in [0.15, 0.2) is 91.0 Å². The first kappa shape index (κ1) is 21.0. The Hall–Kier alpha value is -3.70. The van der Waals surface area contributed by atoms with Crippen molar-refractivity contribution in [2.45, 2.75) is 19.6 Å². The van der Waals surface area contributed by atoms with Gasteiger partial charge in [0.25, 0.3) is 5.97 Å². The fourth-order valence-corrected chi connectivity index (χ4v) is 3.05. The van der Waals surface area contributed by atoms with E-state index in [2.05, 4.69) is 17.1 Å². The van der Waals surface area contributed by atoms with Crippen molar-refractivity contribution >= 4 is 16.9 Å². The summed E-state index contributed by atoms with van der Waals surface area (Å²) in [6, 6.07) is 29.9. The van der Waals surface area contributed by atoms with Gasteiger partial charge in [0, 0.05) is 17.9 Å². The predicted molar refractivity (Wildman–Crippen MR) is 118 cm³/mol. The van der Waals surface area contributed by atoms with Crippen LogP contribution in [0.2, 0.25) is 0 Å². The number of carbonyl (C=O) groups is 1. The minimum absolute atomic E-state index is 0.225. The van der Waals surface area contributed by atoms with Gasteiger partial charge in [-0.2, -0.15) is 0 Å². The number of benzene rings is 3. The van der Waals surface area contributed by atoms with E-state index in [9.17, 15) is 0 Å². The Kier molecular flexibility index (Phi) is 7.14. The Morgan fingerprint density at radius 2 is 1.57 bits per heavy atom. The van der Waals surface area contributed by atoms with E-state index in [0.717, 1.165) is 40.4 Å². The maximum absolute atomic E-state index is 9.00. The summed E-state index contributed by atoms with van der Waals surface area (Å²) in [6.07, 6.45) is 0. The normalized spacial score (nSPS) is 11.3. The summed E-state index contributed by atoms with van der Waals surface area (Å²) in [6.45, 7) is 1.49. The Morgan fingerprint density at radius 3 is 2.33 bits per heavy atom. The Bertz CT molecular complexity index is 1110. The van der Waals surface area contributed by atoms with E-state index in [1.807, 2.05) is 78.9 Å². The predicted octanol–water partition coefficient (Wildman–Crippen LogP) is 4.95. The molecule has 4 aromatic rings. The monoisotopic (exact) mass is 400 g/mol. The molecule has 3 aromatic carbocycles. The number of nitrogens with zero attached hydrogens (tertiary/aromatic N) is 1. The van der Waals surface area contributed by atoms with E-state index in [1.54, 1.807) is 0 Å². The molecule has 30 heavy (non-hydrogen) atoms. The molecule has 5 nitrogen and oxygen atoms in total.